The summed E-state index contributed by atoms with van der Waals surface area (Å²) in [4.78, 5) is 0. The minimum atomic E-state index is -0.110. The second-order valence-corrected chi connectivity index (χ2v) is 3.96. The molecule has 0 heterocycles. The zero-order valence-electron chi connectivity index (χ0n) is 8.03. The number of hydrogen-bond donors (Lipinski definition) is 1. The predicted octanol–water partition coefficient (Wildman–Crippen LogP) is 2.62. The molecule has 1 nitrogen and oxygen atoms in total. The summed E-state index contributed by atoms with van der Waals surface area (Å²) >= 11 is 0. The highest BCUT2D eigenvalue weighted by molar-refractivity contribution is 5.30. The molecule has 0 aliphatic heterocycles. The molecule has 0 bridgehead atoms. The van der Waals surface area contributed by atoms with Crippen LogP contribution in [0.25, 0.3) is 0 Å². The molecule has 0 unspecified atom stereocenters. The second-order valence-electron chi connectivity index (χ2n) is 3.96. The van der Waals surface area contributed by atoms with E-state index in [0.717, 1.165) is 12.8 Å². The van der Waals surface area contributed by atoms with Crippen LogP contribution in [0.1, 0.15) is 36.3 Å². The molecule has 0 aromatic heterocycles. The average Bonchev–Trinajstić information content (AvgIpc) is 2.52. The summed E-state index contributed by atoms with van der Waals surface area (Å²) in [6, 6.07) is 8.39. The van der Waals surface area contributed by atoms with Crippen LogP contribution in [-0.2, 0) is 0 Å². The van der Waals surface area contributed by atoms with Gasteiger partial charge >= 0.3 is 0 Å². The maximum atomic E-state index is 9.77. The monoisotopic (exact) mass is 176 g/mol. The lowest BCUT2D eigenvalue weighted by molar-refractivity contribution is 0.163. The third-order valence-corrected chi connectivity index (χ3v) is 3.07. The third-order valence-electron chi connectivity index (χ3n) is 3.07. The van der Waals surface area contributed by atoms with Gasteiger partial charge in [0, 0.05) is 5.92 Å². The van der Waals surface area contributed by atoms with Gasteiger partial charge in [0.1, 0.15) is 0 Å². The van der Waals surface area contributed by atoms with Gasteiger partial charge < -0.3 is 5.11 Å². The van der Waals surface area contributed by atoms with E-state index in [-0.39, 0.29) is 6.10 Å². The van der Waals surface area contributed by atoms with Gasteiger partial charge in [0.15, 0.2) is 0 Å². The topological polar surface area (TPSA) is 20.2 Å². The first-order valence-corrected chi connectivity index (χ1v) is 5.02. The molecule has 0 saturated heterocycles. The van der Waals surface area contributed by atoms with E-state index in [0.29, 0.717) is 5.92 Å². The molecule has 1 heteroatoms. The standard InChI is InChI=1S/C12H16O/c1-9-5-2-3-6-10(9)11-7-4-8-12(11)13/h2-3,5-6,11-13H,4,7-8H2,1H3/t11-,12-/m0/s1. The van der Waals surface area contributed by atoms with Crippen molar-refractivity contribution in [3.63, 3.8) is 0 Å². The Morgan fingerprint density at radius 1 is 1.23 bits per heavy atom. The van der Waals surface area contributed by atoms with E-state index in [2.05, 4.69) is 31.2 Å². The molecule has 1 aromatic rings. The lowest BCUT2D eigenvalue weighted by Gasteiger charge is -2.16. The number of benzene rings is 1. The maximum absolute atomic E-state index is 9.77. The molecule has 13 heavy (non-hydrogen) atoms. The fraction of sp³-hybridized carbons (Fsp3) is 0.500. The zero-order valence-corrected chi connectivity index (χ0v) is 8.03. The lowest BCUT2D eigenvalue weighted by atomic mass is 9.92. The van der Waals surface area contributed by atoms with E-state index in [1.54, 1.807) is 0 Å². The van der Waals surface area contributed by atoms with Crippen LogP contribution in [0.2, 0.25) is 0 Å². The molecule has 1 aliphatic rings. The molecule has 0 spiro atoms. The van der Waals surface area contributed by atoms with Gasteiger partial charge in [-0.1, -0.05) is 30.7 Å². The number of aryl methyl sites for hydroxylation is 1. The van der Waals surface area contributed by atoms with Crippen LogP contribution in [0.4, 0.5) is 0 Å². The number of hydrogen-bond acceptors (Lipinski definition) is 1. The van der Waals surface area contributed by atoms with Crippen molar-refractivity contribution in [3.8, 4) is 0 Å². The van der Waals surface area contributed by atoms with E-state index in [4.69, 9.17) is 0 Å². The molecule has 1 N–H and O–H groups in total. The first kappa shape index (κ1) is 8.76. The molecular formula is C12H16O. The Labute approximate surface area is 79.4 Å². The maximum Gasteiger partial charge on any atom is 0.0608 e. The van der Waals surface area contributed by atoms with E-state index in [9.17, 15) is 5.11 Å². The van der Waals surface area contributed by atoms with Crippen molar-refractivity contribution in [2.24, 2.45) is 0 Å². The van der Waals surface area contributed by atoms with Crippen molar-refractivity contribution in [2.75, 3.05) is 0 Å². The molecule has 0 amide bonds. The highest BCUT2D eigenvalue weighted by Crippen LogP contribution is 2.35. The molecule has 0 radical (unpaired) electrons. The fourth-order valence-electron chi connectivity index (χ4n) is 2.31. The largest absolute Gasteiger partial charge is 0.392 e. The summed E-state index contributed by atoms with van der Waals surface area (Å²) < 4.78 is 0. The average molecular weight is 176 g/mol. The summed E-state index contributed by atoms with van der Waals surface area (Å²) in [5.41, 5.74) is 2.65. The van der Waals surface area contributed by atoms with Crippen molar-refractivity contribution in [3.05, 3.63) is 35.4 Å². The number of rotatable bonds is 1. The number of aliphatic hydroxyl groups excluding tert-OH is 1. The Morgan fingerprint density at radius 2 is 2.00 bits per heavy atom. The Balaban J connectivity index is 2.29. The van der Waals surface area contributed by atoms with Gasteiger partial charge in [0.25, 0.3) is 0 Å². The minimum absolute atomic E-state index is 0.110. The molecule has 2 rings (SSSR count). The van der Waals surface area contributed by atoms with Gasteiger partial charge in [-0.3, -0.25) is 0 Å². The van der Waals surface area contributed by atoms with Crippen LogP contribution in [0, 0.1) is 6.92 Å². The summed E-state index contributed by atoms with van der Waals surface area (Å²) in [7, 11) is 0. The van der Waals surface area contributed by atoms with Crippen LogP contribution < -0.4 is 0 Å². The summed E-state index contributed by atoms with van der Waals surface area (Å²) in [6.45, 7) is 2.13. The smallest absolute Gasteiger partial charge is 0.0608 e. The van der Waals surface area contributed by atoms with E-state index in [1.807, 2.05) is 0 Å². The SMILES string of the molecule is Cc1ccccc1[C@@H]1CCC[C@@H]1O. The van der Waals surface area contributed by atoms with Gasteiger partial charge in [-0.25, -0.2) is 0 Å². The number of aliphatic hydroxyl groups is 1. The summed E-state index contributed by atoms with van der Waals surface area (Å²) in [6.07, 6.45) is 3.17. The van der Waals surface area contributed by atoms with Crippen LogP contribution in [-0.4, -0.2) is 11.2 Å². The molecule has 1 saturated carbocycles. The molecule has 2 atom stereocenters. The second kappa shape index (κ2) is 3.51. The Morgan fingerprint density at radius 3 is 2.62 bits per heavy atom. The predicted molar refractivity (Wildman–Crippen MR) is 53.8 cm³/mol. The minimum Gasteiger partial charge on any atom is -0.392 e. The van der Waals surface area contributed by atoms with E-state index < -0.39 is 0 Å². The zero-order chi connectivity index (χ0) is 9.26. The highest BCUT2D eigenvalue weighted by atomic mass is 16.3. The van der Waals surface area contributed by atoms with Crippen LogP contribution in [0.3, 0.4) is 0 Å². The molecule has 70 valence electrons. The highest BCUT2D eigenvalue weighted by Gasteiger charge is 2.27. The summed E-state index contributed by atoms with van der Waals surface area (Å²) in [5, 5.41) is 9.77. The first-order chi connectivity index (χ1) is 6.29. The van der Waals surface area contributed by atoms with Crippen LogP contribution in [0.5, 0.6) is 0 Å². The van der Waals surface area contributed by atoms with Crippen molar-refractivity contribution in [1.29, 1.82) is 0 Å². The molecule has 1 fully saturated rings. The summed E-state index contributed by atoms with van der Waals surface area (Å²) in [5.74, 6) is 0.390. The van der Waals surface area contributed by atoms with Gasteiger partial charge in [-0.2, -0.15) is 0 Å². The Hall–Kier alpha value is -0.820. The first-order valence-electron chi connectivity index (χ1n) is 5.02. The van der Waals surface area contributed by atoms with Crippen molar-refractivity contribution < 1.29 is 5.11 Å². The van der Waals surface area contributed by atoms with Gasteiger partial charge in [-0.05, 0) is 30.9 Å². The Kier molecular flexibility index (Phi) is 2.36. The molecule has 1 aromatic carbocycles. The lowest BCUT2D eigenvalue weighted by Crippen LogP contribution is -2.11. The van der Waals surface area contributed by atoms with Gasteiger partial charge in [-0.15, -0.1) is 0 Å². The normalized spacial score (nSPS) is 27.8. The van der Waals surface area contributed by atoms with Gasteiger partial charge in [0.05, 0.1) is 6.10 Å². The Bertz CT molecular complexity index is 293. The van der Waals surface area contributed by atoms with E-state index >= 15 is 0 Å². The van der Waals surface area contributed by atoms with Crippen molar-refractivity contribution in [1.82, 2.24) is 0 Å². The van der Waals surface area contributed by atoms with Crippen molar-refractivity contribution in [2.45, 2.75) is 38.2 Å². The van der Waals surface area contributed by atoms with Crippen LogP contribution >= 0.6 is 0 Å². The molecular weight excluding hydrogens is 160 g/mol. The third kappa shape index (κ3) is 1.61. The quantitative estimate of drug-likeness (QED) is 0.697. The fourth-order valence-corrected chi connectivity index (χ4v) is 2.31. The van der Waals surface area contributed by atoms with E-state index in [1.165, 1.54) is 17.5 Å². The van der Waals surface area contributed by atoms with Crippen LogP contribution in [0.15, 0.2) is 24.3 Å². The van der Waals surface area contributed by atoms with Crippen molar-refractivity contribution >= 4 is 0 Å². The molecule has 1 aliphatic carbocycles. The van der Waals surface area contributed by atoms with Gasteiger partial charge in [0.2, 0.25) is 0 Å².